The van der Waals surface area contributed by atoms with Crippen LogP contribution in [0.1, 0.15) is 89.2 Å². The molecule has 2 fully saturated rings. The highest BCUT2D eigenvalue weighted by atomic mass is 16.5. The molecule has 2 aromatic heterocycles. The summed E-state index contributed by atoms with van der Waals surface area (Å²) in [4.78, 5) is 34.8. The van der Waals surface area contributed by atoms with Crippen molar-refractivity contribution in [1.29, 1.82) is 0 Å². The molecule has 0 bridgehead atoms. The van der Waals surface area contributed by atoms with Gasteiger partial charge in [-0.05, 0) is 91.8 Å². The number of nitrogens with zero attached hydrogens (tertiary/aromatic N) is 4. The zero-order valence-corrected chi connectivity index (χ0v) is 35.0. The molecule has 0 atom stereocenters. The second-order valence-electron chi connectivity index (χ2n) is 14.7. The minimum absolute atomic E-state index is 0.250. The molecular weight excluding hydrogens is 729 g/mol. The Labute approximate surface area is 343 Å². The standard InChI is InChI=1S/C44H54N8O4.C2H6/c1-5-39-37(41(49-35-12-18-56-19-13-35)38-27-48-52(6-2)42(38)50-39)26-47-44(54)34-21-29(3)20-33(24-34)43(53)46-25-30-10-11-40(55-4)36(23-30)32-9-7-8-31(22-32)28-51-16-14-45-15-17-51;1-2/h7-11,20-24,27,35,45H,5-6,12-19,25-26,28H2,1-4H3,(H,46,53)(H,47,54)(H,49,50);1-2H3. The van der Waals surface area contributed by atoms with Gasteiger partial charge in [0.1, 0.15) is 5.75 Å². The van der Waals surface area contributed by atoms with Crippen molar-refractivity contribution < 1.29 is 19.1 Å². The number of methoxy groups -OCH3 is 1. The van der Waals surface area contributed by atoms with Crippen molar-refractivity contribution in [2.75, 3.05) is 51.8 Å². The predicted molar refractivity (Wildman–Crippen MR) is 231 cm³/mol. The van der Waals surface area contributed by atoms with Gasteiger partial charge in [0, 0.05) is 99.6 Å². The van der Waals surface area contributed by atoms with Crippen LogP contribution in [0.3, 0.4) is 0 Å². The van der Waals surface area contributed by atoms with Crippen molar-refractivity contribution in [3.8, 4) is 16.9 Å². The number of carbonyl (C=O) groups is 2. The Morgan fingerprint density at radius 1 is 0.914 bits per heavy atom. The number of rotatable bonds is 14. The lowest BCUT2D eigenvalue weighted by Gasteiger charge is -2.27. The van der Waals surface area contributed by atoms with Crippen LogP contribution in [0, 0.1) is 6.92 Å². The summed E-state index contributed by atoms with van der Waals surface area (Å²) in [5, 5.41) is 19.0. The average molecular weight is 789 g/mol. The van der Waals surface area contributed by atoms with Gasteiger partial charge in [0.05, 0.1) is 24.4 Å². The van der Waals surface area contributed by atoms with Crippen LogP contribution >= 0.6 is 0 Å². The molecule has 0 aliphatic carbocycles. The van der Waals surface area contributed by atoms with Crippen LogP contribution in [0.15, 0.2) is 66.9 Å². The fourth-order valence-electron chi connectivity index (χ4n) is 7.76. The molecule has 4 N–H and O–H groups in total. The first-order valence-corrected chi connectivity index (χ1v) is 20.9. The van der Waals surface area contributed by atoms with Crippen molar-refractivity contribution in [2.24, 2.45) is 0 Å². The van der Waals surface area contributed by atoms with Gasteiger partial charge in [0.15, 0.2) is 5.65 Å². The Morgan fingerprint density at radius 3 is 2.33 bits per heavy atom. The number of aryl methyl sites for hydroxylation is 3. The quantitative estimate of drug-likeness (QED) is 0.0951. The fraction of sp³-hybridized carbons (Fsp3) is 0.435. The monoisotopic (exact) mass is 788 g/mol. The molecule has 2 aliphatic heterocycles. The molecule has 7 rings (SSSR count). The first-order valence-electron chi connectivity index (χ1n) is 20.9. The van der Waals surface area contributed by atoms with Gasteiger partial charge in [0.2, 0.25) is 0 Å². The van der Waals surface area contributed by atoms with E-state index in [4.69, 9.17) is 14.5 Å². The highest BCUT2D eigenvalue weighted by Gasteiger charge is 2.23. The third-order valence-electron chi connectivity index (χ3n) is 10.8. The van der Waals surface area contributed by atoms with E-state index in [0.717, 1.165) is 102 Å². The molecule has 58 heavy (non-hydrogen) atoms. The summed E-state index contributed by atoms with van der Waals surface area (Å²) >= 11 is 0. The number of pyridine rings is 1. The van der Waals surface area contributed by atoms with Crippen LogP contribution in [0.4, 0.5) is 5.69 Å². The molecule has 2 amide bonds. The van der Waals surface area contributed by atoms with Gasteiger partial charge in [0.25, 0.3) is 11.8 Å². The lowest BCUT2D eigenvalue weighted by molar-refractivity contribution is 0.0904. The number of hydrogen-bond acceptors (Lipinski definition) is 9. The summed E-state index contributed by atoms with van der Waals surface area (Å²) in [5.41, 5.74) is 9.58. The molecule has 0 radical (unpaired) electrons. The second-order valence-corrected chi connectivity index (χ2v) is 14.7. The van der Waals surface area contributed by atoms with E-state index in [-0.39, 0.29) is 24.4 Å². The van der Waals surface area contributed by atoms with Gasteiger partial charge in [-0.3, -0.25) is 14.5 Å². The van der Waals surface area contributed by atoms with Gasteiger partial charge >= 0.3 is 0 Å². The summed E-state index contributed by atoms with van der Waals surface area (Å²) < 4.78 is 13.3. The molecule has 12 nitrogen and oxygen atoms in total. The summed E-state index contributed by atoms with van der Waals surface area (Å²) in [6.07, 6.45) is 4.37. The third kappa shape index (κ3) is 10.2. The van der Waals surface area contributed by atoms with E-state index in [1.165, 1.54) is 5.56 Å². The molecule has 2 saturated heterocycles. The van der Waals surface area contributed by atoms with Gasteiger partial charge in [-0.1, -0.05) is 45.0 Å². The Kier molecular flexibility index (Phi) is 14.9. The number of benzene rings is 3. The van der Waals surface area contributed by atoms with Crippen LogP contribution in [-0.4, -0.2) is 84.0 Å². The van der Waals surface area contributed by atoms with Crippen LogP contribution in [0.2, 0.25) is 0 Å². The first-order chi connectivity index (χ1) is 28.3. The van der Waals surface area contributed by atoms with Crippen molar-refractivity contribution in [3.05, 3.63) is 106 Å². The van der Waals surface area contributed by atoms with Crippen LogP contribution in [-0.2, 0) is 37.3 Å². The SMILES string of the molecule is CC.CCc1nc2c(cnn2CC)c(NC2CCOCC2)c1CNC(=O)c1cc(C)cc(C(=O)NCc2ccc(OC)c(-c3cccc(CN4CCNCC4)c3)c2)c1. The Bertz CT molecular complexity index is 2170. The van der Waals surface area contributed by atoms with Crippen molar-refractivity contribution >= 4 is 28.5 Å². The first kappa shape index (κ1) is 42.3. The number of aromatic nitrogens is 3. The minimum atomic E-state index is -0.259. The average Bonchev–Trinajstić information content (AvgIpc) is 3.69. The molecule has 4 heterocycles. The fourth-order valence-corrected chi connectivity index (χ4v) is 7.76. The van der Waals surface area contributed by atoms with E-state index >= 15 is 0 Å². The van der Waals surface area contributed by atoms with Crippen molar-refractivity contribution in [3.63, 3.8) is 0 Å². The van der Waals surface area contributed by atoms with Crippen LogP contribution < -0.4 is 26.0 Å². The molecule has 0 saturated carbocycles. The molecule has 308 valence electrons. The minimum Gasteiger partial charge on any atom is -0.496 e. The van der Waals surface area contributed by atoms with Crippen LogP contribution in [0.25, 0.3) is 22.2 Å². The molecule has 0 unspecified atom stereocenters. The smallest absolute Gasteiger partial charge is 0.251 e. The third-order valence-corrected chi connectivity index (χ3v) is 10.8. The molecule has 0 spiro atoms. The molecule has 12 heteroatoms. The maximum atomic E-state index is 13.8. The highest BCUT2D eigenvalue weighted by molar-refractivity contribution is 6.00. The summed E-state index contributed by atoms with van der Waals surface area (Å²) in [7, 11) is 1.68. The number of piperazine rings is 1. The van der Waals surface area contributed by atoms with E-state index in [0.29, 0.717) is 43.9 Å². The largest absolute Gasteiger partial charge is 0.496 e. The maximum absolute atomic E-state index is 13.8. The van der Waals surface area contributed by atoms with E-state index in [2.05, 4.69) is 75.4 Å². The Balaban J connectivity index is 0.00000279. The van der Waals surface area contributed by atoms with Gasteiger partial charge in [-0.25, -0.2) is 9.67 Å². The normalized spacial score (nSPS) is 14.7. The maximum Gasteiger partial charge on any atom is 0.251 e. The predicted octanol–water partition coefficient (Wildman–Crippen LogP) is 6.88. The van der Waals surface area contributed by atoms with E-state index in [1.54, 1.807) is 13.2 Å². The zero-order chi connectivity index (χ0) is 41.0. The number of hydrogen-bond donors (Lipinski definition) is 4. The van der Waals surface area contributed by atoms with Gasteiger partial charge in [-0.15, -0.1) is 0 Å². The number of nitrogens with one attached hydrogen (secondary N) is 4. The summed E-state index contributed by atoms with van der Waals surface area (Å²) in [6.45, 7) is 17.8. The van der Waals surface area contributed by atoms with Crippen molar-refractivity contribution in [2.45, 2.75) is 86.1 Å². The van der Waals surface area contributed by atoms with Crippen molar-refractivity contribution in [1.82, 2.24) is 35.6 Å². The topological polar surface area (TPSA) is 135 Å². The summed E-state index contributed by atoms with van der Waals surface area (Å²) in [5.74, 6) is 0.264. The number of fused-ring (bicyclic) bond motifs is 1. The van der Waals surface area contributed by atoms with Gasteiger partial charge < -0.3 is 30.7 Å². The second kappa shape index (κ2) is 20.4. The summed E-state index contributed by atoms with van der Waals surface area (Å²) in [6, 6.07) is 20.1. The lowest BCUT2D eigenvalue weighted by atomic mass is 9.99. The molecule has 2 aliphatic rings. The molecule has 5 aromatic rings. The number of carbonyl (C=O) groups excluding carboxylic acids is 2. The van der Waals surface area contributed by atoms with Crippen LogP contribution in [0.5, 0.6) is 5.75 Å². The number of anilines is 1. The van der Waals surface area contributed by atoms with E-state index < -0.39 is 0 Å². The lowest BCUT2D eigenvalue weighted by Crippen LogP contribution is -2.42. The number of ether oxygens (including phenoxy) is 2. The molecular formula is C46H60N8O4. The Hall–Kier alpha value is -5.30. The Morgan fingerprint density at radius 2 is 1.64 bits per heavy atom. The molecule has 3 aromatic carbocycles. The number of amides is 2. The van der Waals surface area contributed by atoms with E-state index in [9.17, 15) is 9.59 Å². The van der Waals surface area contributed by atoms with E-state index in [1.807, 2.05) is 55.9 Å². The highest BCUT2D eigenvalue weighted by Crippen LogP contribution is 2.33. The zero-order valence-electron chi connectivity index (χ0n) is 35.0. The van der Waals surface area contributed by atoms with Gasteiger partial charge in [-0.2, -0.15) is 5.10 Å².